The maximum absolute atomic E-state index is 13.1. The van der Waals surface area contributed by atoms with E-state index in [2.05, 4.69) is 5.32 Å². The largest absolute Gasteiger partial charge is 0.418 e. The first-order chi connectivity index (χ1) is 11.3. The van der Waals surface area contributed by atoms with E-state index in [1.807, 2.05) is 0 Å². The van der Waals surface area contributed by atoms with E-state index in [-0.39, 0.29) is 15.6 Å². The van der Waals surface area contributed by atoms with E-state index in [1.165, 1.54) is 12.1 Å². The number of carbonyl (C=O) groups is 1. The van der Waals surface area contributed by atoms with Crippen LogP contribution < -0.4 is 5.32 Å². The number of alkyl halides is 3. The maximum Gasteiger partial charge on any atom is 0.418 e. The number of amides is 1. The van der Waals surface area contributed by atoms with Crippen LogP contribution in [0.2, 0.25) is 5.02 Å². The van der Waals surface area contributed by atoms with Gasteiger partial charge in [-0.05, 0) is 46.9 Å². The number of thiophene rings is 1. The molecule has 8 heteroatoms. The van der Waals surface area contributed by atoms with Crippen molar-refractivity contribution >= 4 is 67.2 Å². The van der Waals surface area contributed by atoms with Crippen molar-refractivity contribution in [3.05, 3.63) is 61.5 Å². The number of fused-ring (bicyclic) bond motifs is 1. The summed E-state index contributed by atoms with van der Waals surface area (Å²) in [7, 11) is 0. The summed E-state index contributed by atoms with van der Waals surface area (Å²) in [5.74, 6) is -0.659. The van der Waals surface area contributed by atoms with Crippen molar-refractivity contribution in [2.24, 2.45) is 0 Å². The lowest BCUT2D eigenvalue weighted by Gasteiger charge is -2.14. The third kappa shape index (κ3) is 3.38. The topological polar surface area (TPSA) is 29.1 Å². The quantitative estimate of drug-likeness (QED) is 0.420. The van der Waals surface area contributed by atoms with E-state index < -0.39 is 17.6 Å². The number of carbonyl (C=O) groups excluding carboxylic acids is 1. The number of hydrogen-bond donors (Lipinski definition) is 1. The van der Waals surface area contributed by atoms with Crippen molar-refractivity contribution in [3.63, 3.8) is 0 Å². The zero-order chi connectivity index (χ0) is 17.5. The molecule has 1 N–H and O–H groups in total. The van der Waals surface area contributed by atoms with Gasteiger partial charge in [-0.15, -0.1) is 11.3 Å². The van der Waals surface area contributed by atoms with Crippen molar-refractivity contribution in [1.82, 2.24) is 0 Å². The van der Waals surface area contributed by atoms with Crippen molar-refractivity contribution in [1.29, 1.82) is 0 Å². The van der Waals surface area contributed by atoms with Crippen LogP contribution in [-0.4, -0.2) is 5.91 Å². The van der Waals surface area contributed by atoms with Crippen LogP contribution in [0.5, 0.6) is 0 Å². The van der Waals surface area contributed by atoms with Crippen LogP contribution in [0.25, 0.3) is 10.1 Å². The molecule has 0 aliphatic heterocycles. The molecule has 124 valence electrons. The van der Waals surface area contributed by atoms with Gasteiger partial charge in [0.05, 0.1) is 16.3 Å². The molecule has 0 radical (unpaired) electrons. The highest BCUT2D eigenvalue weighted by atomic mass is 127. The Morgan fingerprint density at radius 2 is 1.88 bits per heavy atom. The Kier molecular flexibility index (Phi) is 4.76. The first kappa shape index (κ1) is 17.5. The minimum Gasteiger partial charge on any atom is -0.321 e. The SMILES string of the molecule is O=C(Nc1ccc(I)cc1C(F)(F)F)c1sc2ccccc2c1Cl. The molecule has 1 amide bonds. The second-order valence-corrected chi connectivity index (χ2v) is 7.56. The lowest BCUT2D eigenvalue weighted by molar-refractivity contribution is -0.137. The van der Waals surface area contributed by atoms with Crippen LogP contribution in [0, 0.1) is 3.57 Å². The molecule has 24 heavy (non-hydrogen) atoms. The first-order valence-electron chi connectivity index (χ1n) is 6.62. The average molecular weight is 482 g/mol. The summed E-state index contributed by atoms with van der Waals surface area (Å²) in [6.45, 7) is 0. The summed E-state index contributed by atoms with van der Waals surface area (Å²) in [5.41, 5.74) is -1.18. The highest BCUT2D eigenvalue weighted by Crippen LogP contribution is 2.38. The summed E-state index contributed by atoms with van der Waals surface area (Å²) in [6.07, 6.45) is -4.56. The molecule has 1 aromatic heterocycles. The minimum atomic E-state index is -4.56. The number of halogens is 5. The zero-order valence-corrected chi connectivity index (χ0v) is 15.5. The van der Waals surface area contributed by atoms with E-state index in [1.54, 1.807) is 46.9 Å². The van der Waals surface area contributed by atoms with Crippen LogP contribution in [-0.2, 0) is 6.18 Å². The molecule has 0 saturated carbocycles. The van der Waals surface area contributed by atoms with Gasteiger partial charge in [-0.1, -0.05) is 29.8 Å². The van der Waals surface area contributed by atoms with Gasteiger partial charge in [0.2, 0.25) is 0 Å². The Labute approximate surface area is 157 Å². The van der Waals surface area contributed by atoms with Crippen LogP contribution in [0.4, 0.5) is 18.9 Å². The molecule has 3 rings (SSSR count). The van der Waals surface area contributed by atoms with Crippen molar-refractivity contribution in [3.8, 4) is 0 Å². The van der Waals surface area contributed by atoms with Crippen molar-refractivity contribution in [2.45, 2.75) is 6.18 Å². The van der Waals surface area contributed by atoms with E-state index in [9.17, 15) is 18.0 Å². The smallest absolute Gasteiger partial charge is 0.321 e. The highest BCUT2D eigenvalue weighted by Gasteiger charge is 2.34. The Bertz CT molecular complexity index is 939. The normalized spacial score (nSPS) is 11.7. The molecule has 2 nitrogen and oxygen atoms in total. The Morgan fingerprint density at radius 3 is 2.54 bits per heavy atom. The molecule has 0 spiro atoms. The number of hydrogen-bond acceptors (Lipinski definition) is 2. The van der Waals surface area contributed by atoms with E-state index in [0.717, 1.165) is 22.1 Å². The fourth-order valence-electron chi connectivity index (χ4n) is 2.20. The fraction of sp³-hybridized carbons (Fsp3) is 0.0625. The highest BCUT2D eigenvalue weighted by molar-refractivity contribution is 14.1. The number of anilines is 1. The molecule has 0 aliphatic carbocycles. The fourth-order valence-corrected chi connectivity index (χ4v) is 4.10. The Hall–Kier alpha value is -1.32. The lowest BCUT2D eigenvalue weighted by atomic mass is 10.1. The Morgan fingerprint density at radius 1 is 1.17 bits per heavy atom. The summed E-state index contributed by atoms with van der Waals surface area (Å²) in [5, 5.41) is 3.27. The van der Waals surface area contributed by atoms with Crippen LogP contribution in [0.3, 0.4) is 0 Å². The first-order valence-corrected chi connectivity index (χ1v) is 8.90. The van der Waals surface area contributed by atoms with Crippen LogP contribution in [0.15, 0.2) is 42.5 Å². The second kappa shape index (κ2) is 6.53. The lowest BCUT2D eigenvalue weighted by Crippen LogP contribution is -2.16. The molecule has 2 aromatic carbocycles. The van der Waals surface area contributed by atoms with E-state index >= 15 is 0 Å². The second-order valence-electron chi connectivity index (χ2n) is 4.88. The molecule has 0 fully saturated rings. The molecular formula is C16H8ClF3INOS. The van der Waals surface area contributed by atoms with Crippen molar-refractivity contribution < 1.29 is 18.0 Å². The average Bonchev–Trinajstić information content (AvgIpc) is 2.86. The summed E-state index contributed by atoms with van der Waals surface area (Å²) < 4.78 is 40.7. The molecule has 0 unspecified atom stereocenters. The summed E-state index contributed by atoms with van der Waals surface area (Å²) >= 11 is 9.13. The third-order valence-electron chi connectivity index (χ3n) is 3.28. The van der Waals surface area contributed by atoms with Gasteiger partial charge < -0.3 is 5.32 Å². The van der Waals surface area contributed by atoms with Crippen molar-refractivity contribution in [2.75, 3.05) is 5.32 Å². The molecule has 0 bridgehead atoms. The van der Waals surface area contributed by atoms with Gasteiger partial charge in [0, 0.05) is 13.7 Å². The van der Waals surface area contributed by atoms with Gasteiger partial charge in [-0.25, -0.2) is 0 Å². The monoisotopic (exact) mass is 481 g/mol. The Balaban J connectivity index is 1.99. The molecule has 1 heterocycles. The molecule has 0 aliphatic rings. The van der Waals surface area contributed by atoms with E-state index in [4.69, 9.17) is 11.6 Å². The minimum absolute atomic E-state index is 0.185. The molecule has 0 saturated heterocycles. The number of benzene rings is 2. The third-order valence-corrected chi connectivity index (χ3v) is 5.62. The van der Waals surface area contributed by atoms with Crippen LogP contribution in [0.1, 0.15) is 15.2 Å². The molecule has 0 atom stereocenters. The predicted octanol–water partition coefficient (Wildman–Crippen LogP) is 6.43. The van der Waals surface area contributed by atoms with Crippen LogP contribution >= 0.6 is 45.5 Å². The maximum atomic E-state index is 13.1. The molecule has 3 aromatic rings. The summed E-state index contributed by atoms with van der Waals surface area (Å²) in [6, 6.07) is 10.9. The number of nitrogens with one attached hydrogen (secondary N) is 1. The van der Waals surface area contributed by atoms with Gasteiger partial charge in [-0.2, -0.15) is 13.2 Å². The van der Waals surface area contributed by atoms with Gasteiger partial charge in [0.15, 0.2) is 0 Å². The van der Waals surface area contributed by atoms with Gasteiger partial charge >= 0.3 is 6.18 Å². The van der Waals surface area contributed by atoms with E-state index in [0.29, 0.717) is 8.96 Å². The van der Waals surface area contributed by atoms with Gasteiger partial charge in [0.1, 0.15) is 4.88 Å². The molecular weight excluding hydrogens is 474 g/mol. The summed E-state index contributed by atoms with van der Waals surface area (Å²) in [4.78, 5) is 12.6. The van der Waals surface area contributed by atoms with Gasteiger partial charge in [-0.3, -0.25) is 4.79 Å². The standard InChI is InChI=1S/C16H8ClF3INOS/c17-13-9-3-1-2-4-12(9)24-14(13)15(23)22-11-6-5-8(21)7-10(11)16(18,19)20/h1-7H,(H,22,23). The number of rotatable bonds is 2. The zero-order valence-electron chi connectivity index (χ0n) is 11.7. The predicted molar refractivity (Wildman–Crippen MR) is 98.9 cm³/mol. The van der Waals surface area contributed by atoms with Gasteiger partial charge in [0.25, 0.3) is 5.91 Å².